The number of carbonyl (C=O) groups is 2. The second-order valence-corrected chi connectivity index (χ2v) is 6.27. The van der Waals surface area contributed by atoms with Crippen molar-refractivity contribution in [1.29, 1.82) is 0 Å². The predicted octanol–water partition coefficient (Wildman–Crippen LogP) is 3.43. The molecule has 0 aliphatic carbocycles. The maximum absolute atomic E-state index is 12.9. The van der Waals surface area contributed by atoms with Gasteiger partial charge in [-0.3, -0.25) is 4.79 Å². The van der Waals surface area contributed by atoms with Crippen LogP contribution >= 0.6 is 0 Å². The average molecular weight is 374 g/mol. The van der Waals surface area contributed by atoms with E-state index in [0.29, 0.717) is 22.5 Å². The molecule has 1 aromatic heterocycles. The van der Waals surface area contributed by atoms with Crippen molar-refractivity contribution >= 4 is 34.5 Å². The fourth-order valence-corrected chi connectivity index (χ4v) is 3.31. The molecule has 0 unspecified atom stereocenters. The molecule has 5 N–H and O–H groups in total. The van der Waals surface area contributed by atoms with E-state index in [4.69, 9.17) is 10.5 Å². The molecule has 140 valence electrons. The quantitative estimate of drug-likeness (QED) is 0.525. The minimum Gasteiger partial charge on any atom is -0.497 e. The number of aromatic nitrogens is 1. The number of nitrogens with one attached hydrogen (secondary N) is 3. The van der Waals surface area contributed by atoms with Crippen molar-refractivity contribution in [2.24, 2.45) is 5.73 Å². The predicted molar refractivity (Wildman–Crippen MR) is 108 cm³/mol. The zero-order valence-electron chi connectivity index (χ0n) is 15.1. The largest absolute Gasteiger partial charge is 0.497 e. The van der Waals surface area contributed by atoms with Crippen LogP contribution in [0.2, 0.25) is 0 Å². The number of urea groups is 1. The Balaban J connectivity index is 1.94. The molecule has 0 spiro atoms. The van der Waals surface area contributed by atoms with Crippen molar-refractivity contribution in [3.8, 4) is 5.75 Å². The van der Waals surface area contributed by atoms with E-state index < -0.39 is 6.03 Å². The molecule has 28 heavy (non-hydrogen) atoms. The molecule has 3 amide bonds. The minimum atomic E-state index is -0.664. The molecular weight excluding hydrogens is 356 g/mol. The van der Waals surface area contributed by atoms with Gasteiger partial charge in [-0.25, -0.2) is 4.79 Å². The van der Waals surface area contributed by atoms with Gasteiger partial charge in [0.05, 0.1) is 12.7 Å². The summed E-state index contributed by atoms with van der Waals surface area (Å²) in [4.78, 5) is 27.3. The lowest BCUT2D eigenvalue weighted by molar-refractivity contribution is -0.110. The van der Waals surface area contributed by atoms with E-state index in [-0.39, 0.29) is 5.91 Å². The van der Waals surface area contributed by atoms with E-state index in [1.807, 2.05) is 36.4 Å². The molecule has 0 atom stereocenters. The number of ether oxygens (including phenoxy) is 1. The molecule has 0 bridgehead atoms. The fourth-order valence-electron chi connectivity index (χ4n) is 3.31. The van der Waals surface area contributed by atoms with E-state index in [1.165, 1.54) is 0 Å². The summed E-state index contributed by atoms with van der Waals surface area (Å²) < 4.78 is 5.24. The van der Waals surface area contributed by atoms with Gasteiger partial charge < -0.3 is 26.1 Å². The van der Waals surface area contributed by atoms with Gasteiger partial charge in [0.25, 0.3) is 5.91 Å². The molecule has 2 aromatic carbocycles. The summed E-state index contributed by atoms with van der Waals surface area (Å²) in [6.45, 7) is 0. The number of aromatic amines is 1. The number of hydrogen-bond donors (Lipinski definition) is 4. The van der Waals surface area contributed by atoms with Gasteiger partial charge in [-0.15, -0.1) is 0 Å². The molecule has 7 heteroatoms. The molecule has 0 saturated carbocycles. The van der Waals surface area contributed by atoms with Crippen LogP contribution in [-0.2, 0) is 4.79 Å². The third-order valence-electron chi connectivity index (χ3n) is 4.53. The SMILES string of the molecule is COc1ccc(/C(=C2\C(=O)Nc3ccc(NC(N)=O)cc32)c2ccc[nH]2)cc1. The smallest absolute Gasteiger partial charge is 0.316 e. The van der Waals surface area contributed by atoms with Crippen molar-refractivity contribution in [2.45, 2.75) is 0 Å². The highest BCUT2D eigenvalue weighted by Gasteiger charge is 2.29. The first-order valence-corrected chi connectivity index (χ1v) is 8.61. The summed E-state index contributed by atoms with van der Waals surface area (Å²) in [5.74, 6) is 0.510. The van der Waals surface area contributed by atoms with Crippen LogP contribution in [0.25, 0.3) is 11.1 Å². The summed E-state index contributed by atoms with van der Waals surface area (Å²) >= 11 is 0. The number of primary amides is 1. The van der Waals surface area contributed by atoms with Gasteiger partial charge in [0.2, 0.25) is 0 Å². The van der Waals surface area contributed by atoms with Crippen LogP contribution in [0.3, 0.4) is 0 Å². The number of fused-ring (bicyclic) bond motifs is 1. The summed E-state index contributed by atoms with van der Waals surface area (Å²) in [7, 11) is 1.60. The Morgan fingerprint density at radius 1 is 1.11 bits per heavy atom. The number of benzene rings is 2. The third kappa shape index (κ3) is 3.09. The lowest BCUT2D eigenvalue weighted by atomic mass is 9.93. The molecule has 0 radical (unpaired) electrons. The van der Waals surface area contributed by atoms with Crippen LogP contribution < -0.4 is 21.1 Å². The Morgan fingerprint density at radius 3 is 2.54 bits per heavy atom. The summed E-state index contributed by atoms with van der Waals surface area (Å²) in [5.41, 5.74) is 10.0. The van der Waals surface area contributed by atoms with Crippen LogP contribution in [0.4, 0.5) is 16.2 Å². The van der Waals surface area contributed by atoms with Crippen LogP contribution in [0.5, 0.6) is 5.75 Å². The van der Waals surface area contributed by atoms with Gasteiger partial charge >= 0.3 is 6.03 Å². The number of H-pyrrole nitrogens is 1. The number of hydrogen-bond acceptors (Lipinski definition) is 3. The van der Waals surface area contributed by atoms with Crippen LogP contribution in [0.1, 0.15) is 16.8 Å². The first-order chi connectivity index (χ1) is 13.6. The molecule has 4 rings (SSSR count). The standard InChI is InChI=1S/C21H18N4O3/c1-28-14-7-4-12(5-8-14)18(17-3-2-10-23-17)19-15-11-13(24-21(22)27)6-9-16(15)25-20(19)26/h2-11,23H,1H3,(H,25,26)(H3,22,24,27)/b19-18+. The van der Waals surface area contributed by atoms with Gasteiger partial charge in [0.1, 0.15) is 5.75 Å². The van der Waals surface area contributed by atoms with Crippen molar-refractivity contribution in [3.63, 3.8) is 0 Å². The highest BCUT2D eigenvalue weighted by Crippen LogP contribution is 2.41. The van der Waals surface area contributed by atoms with E-state index in [0.717, 1.165) is 22.6 Å². The van der Waals surface area contributed by atoms with E-state index in [9.17, 15) is 9.59 Å². The number of anilines is 2. The Hall–Kier alpha value is -4.00. The number of carbonyl (C=O) groups excluding carboxylic acids is 2. The molecule has 0 fully saturated rings. The first kappa shape index (κ1) is 17.4. The zero-order chi connectivity index (χ0) is 19.7. The Bertz CT molecular complexity index is 1080. The van der Waals surface area contributed by atoms with Gasteiger partial charge in [-0.05, 0) is 48.0 Å². The molecule has 3 aromatic rings. The minimum absolute atomic E-state index is 0.216. The van der Waals surface area contributed by atoms with Crippen molar-refractivity contribution in [1.82, 2.24) is 4.98 Å². The molecule has 1 aliphatic rings. The lowest BCUT2D eigenvalue weighted by Crippen LogP contribution is -2.19. The highest BCUT2D eigenvalue weighted by molar-refractivity contribution is 6.38. The van der Waals surface area contributed by atoms with Crippen molar-refractivity contribution < 1.29 is 14.3 Å². The molecule has 7 nitrogen and oxygen atoms in total. The second kappa shape index (κ2) is 6.96. The van der Waals surface area contributed by atoms with Crippen LogP contribution in [0.15, 0.2) is 60.8 Å². The van der Waals surface area contributed by atoms with Gasteiger partial charge in [-0.1, -0.05) is 12.1 Å². The first-order valence-electron chi connectivity index (χ1n) is 8.61. The molecule has 1 aliphatic heterocycles. The van der Waals surface area contributed by atoms with Gasteiger partial charge in [-0.2, -0.15) is 0 Å². The second-order valence-electron chi connectivity index (χ2n) is 6.27. The van der Waals surface area contributed by atoms with E-state index in [1.54, 1.807) is 31.5 Å². The van der Waals surface area contributed by atoms with Gasteiger partial charge in [0, 0.05) is 34.4 Å². The molecular formula is C21H18N4O3. The zero-order valence-corrected chi connectivity index (χ0v) is 15.1. The maximum atomic E-state index is 12.9. The number of nitrogens with two attached hydrogens (primary N) is 1. The topological polar surface area (TPSA) is 109 Å². The normalized spacial score (nSPS) is 14.2. The Kier molecular flexibility index (Phi) is 4.33. The summed E-state index contributed by atoms with van der Waals surface area (Å²) in [5, 5.41) is 5.43. The fraction of sp³-hybridized carbons (Fsp3) is 0.0476. The van der Waals surface area contributed by atoms with Crippen molar-refractivity contribution in [2.75, 3.05) is 17.7 Å². The van der Waals surface area contributed by atoms with Crippen LogP contribution in [0, 0.1) is 0 Å². The number of amides is 3. The number of rotatable bonds is 4. The third-order valence-corrected chi connectivity index (χ3v) is 4.53. The Morgan fingerprint density at radius 2 is 1.89 bits per heavy atom. The summed E-state index contributed by atoms with van der Waals surface area (Å²) in [6, 6.07) is 15.8. The van der Waals surface area contributed by atoms with Crippen LogP contribution in [-0.4, -0.2) is 24.0 Å². The highest BCUT2D eigenvalue weighted by atomic mass is 16.5. The maximum Gasteiger partial charge on any atom is 0.316 e. The molecule has 0 saturated heterocycles. The van der Waals surface area contributed by atoms with Gasteiger partial charge in [0.15, 0.2) is 0 Å². The van der Waals surface area contributed by atoms with E-state index in [2.05, 4.69) is 15.6 Å². The average Bonchev–Trinajstić information content (AvgIpc) is 3.31. The lowest BCUT2D eigenvalue weighted by Gasteiger charge is -2.12. The number of methoxy groups -OCH3 is 1. The van der Waals surface area contributed by atoms with E-state index >= 15 is 0 Å². The Labute approximate surface area is 161 Å². The summed E-state index contributed by atoms with van der Waals surface area (Å²) in [6.07, 6.45) is 1.80. The monoisotopic (exact) mass is 374 g/mol. The molecule has 2 heterocycles. The van der Waals surface area contributed by atoms with Crippen molar-refractivity contribution in [3.05, 3.63) is 77.6 Å².